The molecule has 0 aliphatic rings. The topological polar surface area (TPSA) is 66.7 Å². The van der Waals surface area contributed by atoms with E-state index in [1.165, 1.54) is 11.3 Å². The molecule has 0 amide bonds. The number of aromatic nitrogens is 4. The van der Waals surface area contributed by atoms with Gasteiger partial charge in [-0.3, -0.25) is 9.67 Å². The van der Waals surface area contributed by atoms with Crippen LogP contribution < -0.4 is 0 Å². The van der Waals surface area contributed by atoms with Crippen molar-refractivity contribution in [2.75, 3.05) is 0 Å². The maximum atomic E-state index is 8.99. The molecule has 2 aromatic rings. The monoisotopic (exact) mass is 228 g/mol. The van der Waals surface area contributed by atoms with Crippen LogP contribution in [0.4, 0.5) is 0 Å². The second-order valence-electron chi connectivity index (χ2n) is 2.67. The average molecular weight is 228 g/mol. The largest absolute Gasteiger partial charge is 0.388 e. The fraction of sp³-hybridized carbons (Fsp3) is 0.286. The molecule has 14 heavy (non-hydrogen) atoms. The molecule has 0 radical (unpaired) electrons. The fourth-order valence-corrected chi connectivity index (χ4v) is 1.88. The van der Waals surface area contributed by atoms with Gasteiger partial charge < -0.3 is 5.11 Å². The molecule has 2 aromatic heterocycles. The summed E-state index contributed by atoms with van der Waals surface area (Å²) in [6, 6.07) is 0. The smallest absolute Gasteiger partial charge is 0.195 e. The van der Waals surface area contributed by atoms with Crippen molar-refractivity contribution in [2.45, 2.75) is 13.2 Å². The lowest BCUT2D eigenvalue weighted by molar-refractivity contribution is 0.265. The number of hydrogen-bond acceptors (Lipinski definition) is 5. The van der Waals surface area contributed by atoms with Crippen LogP contribution >= 0.6 is 23.6 Å². The first kappa shape index (κ1) is 9.50. The number of aliphatic hydroxyl groups excluding tert-OH is 1. The van der Waals surface area contributed by atoms with Crippen molar-refractivity contribution in [2.24, 2.45) is 0 Å². The Hall–Kier alpha value is -1.05. The van der Waals surface area contributed by atoms with E-state index in [2.05, 4.69) is 15.2 Å². The van der Waals surface area contributed by atoms with Gasteiger partial charge >= 0.3 is 0 Å². The second-order valence-corrected chi connectivity index (χ2v) is 3.77. The van der Waals surface area contributed by atoms with Crippen molar-refractivity contribution >= 4 is 23.6 Å². The predicted octanol–water partition coefficient (Wildman–Crippen LogP) is 0.938. The van der Waals surface area contributed by atoms with Crippen LogP contribution in [0.1, 0.15) is 11.5 Å². The molecular weight excluding hydrogens is 220 g/mol. The van der Waals surface area contributed by atoms with Crippen LogP contribution in [-0.2, 0) is 13.2 Å². The molecule has 0 unspecified atom stereocenters. The quantitative estimate of drug-likeness (QED) is 0.767. The van der Waals surface area contributed by atoms with Gasteiger partial charge in [0.1, 0.15) is 6.61 Å². The molecule has 74 valence electrons. The van der Waals surface area contributed by atoms with Crippen LogP contribution in [0.3, 0.4) is 0 Å². The minimum Gasteiger partial charge on any atom is -0.388 e. The zero-order valence-corrected chi connectivity index (χ0v) is 8.81. The summed E-state index contributed by atoms with van der Waals surface area (Å²) in [6.07, 6.45) is 0. The van der Waals surface area contributed by atoms with E-state index in [4.69, 9.17) is 17.3 Å². The highest BCUT2D eigenvalue weighted by atomic mass is 32.1. The van der Waals surface area contributed by atoms with E-state index in [1.807, 2.05) is 5.38 Å². The van der Waals surface area contributed by atoms with Crippen LogP contribution in [0.25, 0.3) is 0 Å². The van der Waals surface area contributed by atoms with E-state index in [0.29, 0.717) is 17.1 Å². The van der Waals surface area contributed by atoms with E-state index >= 15 is 0 Å². The standard InChI is InChI=1S/C7H8N4OS2/c12-2-6-9-10-7(13)11(6)1-5-3-14-4-8-5/h3-4,12H,1-2H2,(H,10,13). The molecule has 0 saturated carbocycles. The lowest BCUT2D eigenvalue weighted by atomic mass is 10.4. The SMILES string of the molecule is OCc1n[nH]c(=S)n1Cc1cscn1. The van der Waals surface area contributed by atoms with Gasteiger partial charge in [0.2, 0.25) is 0 Å². The normalized spacial score (nSPS) is 10.6. The first-order valence-corrected chi connectivity index (χ1v) is 5.28. The maximum absolute atomic E-state index is 8.99. The van der Waals surface area contributed by atoms with E-state index < -0.39 is 0 Å². The van der Waals surface area contributed by atoms with Crippen LogP contribution in [0, 0.1) is 4.77 Å². The third-order valence-corrected chi connectivity index (χ3v) is 2.73. The van der Waals surface area contributed by atoms with Gasteiger partial charge in [-0.25, -0.2) is 4.98 Å². The van der Waals surface area contributed by atoms with E-state index in [9.17, 15) is 0 Å². The van der Waals surface area contributed by atoms with Crippen molar-refractivity contribution in [3.8, 4) is 0 Å². The van der Waals surface area contributed by atoms with Crippen molar-refractivity contribution in [3.05, 3.63) is 27.2 Å². The summed E-state index contributed by atoms with van der Waals surface area (Å²) in [5, 5.41) is 17.5. The van der Waals surface area contributed by atoms with Gasteiger partial charge in [-0.15, -0.1) is 11.3 Å². The first-order valence-electron chi connectivity index (χ1n) is 3.93. The maximum Gasteiger partial charge on any atom is 0.195 e. The molecule has 0 saturated heterocycles. The Morgan fingerprint density at radius 3 is 3.14 bits per heavy atom. The number of nitrogens with one attached hydrogen (secondary N) is 1. The summed E-state index contributed by atoms with van der Waals surface area (Å²) < 4.78 is 2.23. The molecule has 0 aliphatic carbocycles. The van der Waals surface area contributed by atoms with Gasteiger partial charge in [0.25, 0.3) is 0 Å². The lowest BCUT2D eigenvalue weighted by Crippen LogP contribution is -2.05. The molecule has 0 bridgehead atoms. The molecule has 0 fully saturated rings. The number of nitrogens with zero attached hydrogens (tertiary/aromatic N) is 3. The number of thiazole rings is 1. The second kappa shape index (κ2) is 3.99. The van der Waals surface area contributed by atoms with Crippen LogP contribution in [-0.4, -0.2) is 24.9 Å². The molecule has 0 spiro atoms. The van der Waals surface area contributed by atoms with Gasteiger partial charge in [0, 0.05) is 5.38 Å². The Labute approximate surface area is 89.1 Å². The van der Waals surface area contributed by atoms with Gasteiger partial charge in [0.15, 0.2) is 10.6 Å². The van der Waals surface area contributed by atoms with E-state index in [1.54, 1.807) is 10.1 Å². The average Bonchev–Trinajstić information content (AvgIpc) is 2.79. The summed E-state index contributed by atoms with van der Waals surface area (Å²) in [6.45, 7) is 0.423. The van der Waals surface area contributed by atoms with Gasteiger partial charge in [-0.1, -0.05) is 0 Å². The zero-order valence-electron chi connectivity index (χ0n) is 7.17. The summed E-state index contributed by atoms with van der Waals surface area (Å²) in [5.74, 6) is 0.531. The Balaban J connectivity index is 2.32. The number of aliphatic hydroxyl groups is 1. The molecule has 0 aromatic carbocycles. The number of hydrogen-bond donors (Lipinski definition) is 2. The van der Waals surface area contributed by atoms with Crippen molar-refractivity contribution in [3.63, 3.8) is 0 Å². The highest BCUT2D eigenvalue weighted by molar-refractivity contribution is 7.71. The lowest BCUT2D eigenvalue weighted by Gasteiger charge is -2.01. The molecule has 5 nitrogen and oxygen atoms in total. The molecule has 0 aliphatic heterocycles. The van der Waals surface area contributed by atoms with Crippen LogP contribution in [0.15, 0.2) is 10.9 Å². The van der Waals surface area contributed by atoms with E-state index in [0.717, 1.165) is 5.69 Å². The first-order chi connectivity index (χ1) is 6.81. The van der Waals surface area contributed by atoms with Gasteiger partial charge in [-0.2, -0.15) is 5.10 Å². The Bertz CT molecular complexity index is 458. The molecule has 2 heterocycles. The number of aromatic amines is 1. The van der Waals surface area contributed by atoms with Crippen molar-refractivity contribution in [1.29, 1.82) is 0 Å². The molecule has 2 rings (SSSR count). The fourth-order valence-electron chi connectivity index (χ4n) is 1.11. The van der Waals surface area contributed by atoms with Crippen LogP contribution in [0.2, 0.25) is 0 Å². The summed E-state index contributed by atoms with van der Waals surface area (Å²) >= 11 is 6.55. The van der Waals surface area contributed by atoms with Crippen LogP contribution in [0.5, 0.6) is 0 Å². The predicted molar refractivity (Wildman–Crippen MR) is 54.6 cm³/mol. The molecule has 0 atom stereocenters. The van der Waals surface area contributed by atoms with Gasteiger partial charge in [-0.05, 0) is 12.2 Å². The summed E-state index contributed by atoms with van der Waals surface area (Å²) in [4.78, 5) is 4.14. The van der Waals surface area contributed by atoms with Crippen molar-refractivity contribution in [1.82, 2.24) is 19.7 Å². The third-order valence-electron chi connectivity index (χ3n) is 1.78. The highest BCUT2D eigenvalue weighted by Crippen LogP contribution is 2.06. The summed E-state index contributed by atoms with van der Waals surface area (Å²) in [5.41, 5.74) is 2.68. The van der Waals surface area contributed by atoms with Gasteiger partial charge in [0.05, 0.1) is 17.7 Å². The number of rotatable bonds is 3. The summed E-state index contributed by atoms with van der Waals surface area (Å²) in [7, 11) is 0. The highest BCUT2D eigenvalue weighted by Gasteiger charge is 2.05. The zero-order chi connectivity index (χ0) is 9.97. The Morgan fingerprint density at radius 1 is 1.64 bits per heavy atom. The third kappa shape index (κ3) is 1.74. The molecule has 2 N–H and O–H groups in total. The Kier molecular flexibility index (Phi) is 2.71. The molecular formula is C7H8N4OS2. The van der Waals surface area contributed by atoms with Crippen molar-refractivity contribution < 1.29 is 5.11 Å². The molecule has 7 heteroatoms. The number of H-pyrrole nitrogens is 1. The van der Waals surface area contributed by atoms with E-state index in [-0.39, 0.29) is 6.61 Å². The Morgan fingerprint density at radius 2 is 2.50 bits per heavy atom. The minimum atomic E-state index is -0.128. The minimum absolute atomic E-state index is 0.128.